The van der Waals surface area contributed by atoms with Crippen LogP contribution in [0.5, 0.6) is 0 Å². The molecule has 0 aliphatic carbocycles. The van der Waals surface area contributed by atoms with Crippen LogP contribution in [0.15, 0.2) is 25.0 Å². The van der Waals surface area contributed by atoms with E-state index in [0.717, 1.165) is 6.08 Å². The van der Waals surface area contributed by atoms with E-state index in [-0.39, 0.29) is 0 Å². The van der Waals surface area contributed by atoms with Crippen LogP contribution in [-0.2, 0) is 4.79 Å². The van der Waals surface area contributed by atoms with Crippen LogP contribution in [0.4, 0.5) is 0 Å². The maximum absolute atomic E-state index is 10.1. The Bertz CT molecular complexity index is 326. The molecule has 12 heavy (non-hydrogen) atoms. The van der Waals surface area contributed by atoms with Crippen LogP contribution in [0, 0.1) is 0 Å². The molecular formula is C8H8N2O2. The molecule has 1 rings (SSSR count). The van der Waals surface area contributed by atoms with Gasteiger partial charge in [0.2, 0.25) is 0 Å². The third-order valence-corrected chi connectivity index (χ3v) is 1.27. The molecule has 0 unspecified atom stereocenters. The number of carboxylic acids is 1. The minimum absolute atomic E-state index is 0.549. The second-order valence-electron chi connectivity index (χ2n) is 2.05. The molecule has 0 spiro atoms. The van der Waals surface area contributed by atoms with E-state index in [1.807, 2.05) is 0 Å². The normalized spacial score (nSPS) is 10.3. The van der Waals surface area contributed by atoms with Crippen LogP contribution >= 0.6 is 0 Å². The van der Waals surface area contributed by atoms with Crippen molar-refractivity contribution in [3.8, 4) is 0 Å². The molecule has 0 saturated carbocycles. The number of aliphatic carboxylic acids is 1. The Morgan fingerprint density at radius 3 is 3.08 bits per heavy atom. The van der Waals surface area contributed by atoms with Gasteiger partial charge in [-0.15, -0.1) is 0 Å². The van der Waals surface area contributed by atoms with Crippen LogP contribution in [0.3, 0.4) is 0 Å². The fraction of sp³-hybridized carbons (Fsp3) is 0. The minimum Gasteiger partial charge on any atom is -0.478 e. The zero-order chi connectivity index (χ0) is 8.97. The second-order valence-corrected chi connectivity index (χ2v) is 2.05. The van der Waals surface area contributed by atoms with Crippen molar-refractivity contribution in [3.63, 3.8) is 0 Å². The first kappa shape index (κ1) is 8.26. The van der Waals surface area contributed by atoms with Gasteiger partial charge in [-0.3, -0.25) is 0 Å². The SMILES string of the molecule is C=Cn1ccnc1C=CC(=O)O. The van der Waals surface area contributed by atoms with Crippen molar-refractivity contribution in [2.75, 3.05) is 0 Å². The third kappa shape index (κ3) is 1.82. The predicted octanol–water partition coefficient (Wildman–Crippen LogP) is 1.08. The van der Waals surface area contributed by atoms with Gasteiger partial charge < -0.3 is 9.67 Å². The van der Waals surface area contributed by atoms with Gasteiger partial charge in [0.05, 0.1) is 0 Å². The largest absolute Gasteiger partial charge is 0.478 e. The molecule has 62 valence electrons. The average Bonchev–Trinajstić information content (AvgIpc) is 2.47. The highest BCUT2D eigenvalue weighted by Gasteiger charge is 1.94. The van der Waals surface area contributed by atoms with Gasteiger partial charge in [-0.05, 0) is 6.08 Å². The highest BCUT2D eigenvalue weighted by Crippen LogP contribution is 1.99. The molecule has 1 heterocycles. The average molecular weight is 164 g/mol. The van der Waals surface area contributed by atoms with Gasteiger partial charge in [0, 0.05) is 24.7 Å². The molecule has 1 aromatic rings. The lowest BCUT2D eigenvalue weighted by Crippen LogP contribution is -1.90. The number of carbonyl (C=O) groups is 1. The van der Waals surface area contributed by atoms with Crippen molar-refractivity contribution >= 4 is 18.2 Å². The smallest absolute Gasteiger partial charge is 0.328 e. The van der Waals surface area contributed by atoms with Gasteiger partial charge in [-0.1, -0.05) is 6.58 Å². The van der Waals surface area contributed by atoms with E-state index < -0.39 is 5.97 Å². The lowest BCUT2D eigenvalue weighted by molar-refractivity contribution is -0.131. The molecule has 0 atom stereocenters. The molecule has 1 aromatic heterocycles. The maximum atomic E-state index is 10.1. The van der Waals surface area contributed by atoms with Crippen LogP contribution in [0.25, 0.3) is 12.3 Å². The van der Waals surface area contributed by atoms with E-state index in [9.17, 15) is 4.79 Å². The first-order chi connectivity index (χ1) is 5.74. The van der Waals surface area contributed by atoms with E-state index in [2.05, 4.69) is 11.6 Å². The fourth-order valence-electron chi connectivity index (χ4n) is 0.754. The minimum atomic E-state index is -0.992. The van der Waals surface area contributed by atoms with Crippen molar-refractivity contribution in [2.45, 2.75) is 0 Å². The van der Waals surface area contributed by atoms with Gasteiger partial charge in [0.25, 0.3) is 0 Å². The molecule has 4 heteroatoms. The number of carboxylic acid groups (broad SMARTS) is 1. The molecule has 0 aliphatic heterocycles. The first-order valence-corrected chi connectivity index (χ1v) is 3.30. The van der Waals surface area contributed by atoms with Crippen LogP contribution in [0.2, 0.25) is 0 Å². The van der Waals surface area contributed by atoms with Gasteiger partial charge >= 0.3 is 5.97 Å². The number of imidazole rings is 1. The van der Waals surface area contributed by atoms with Crippen molar-refractivity contribution in [1.82, 2.24) is 9.55 Å². The lowest BCUT2D eigenvalue weighted by atomic mass is 10.5. The first-order valence-electron chi connectivity index (χ1n) is 3.30. The van der Waals surface area contributed by atoms with Gasteiger partial charge in [-0.25, -0.2) is 9.78 Å². The molecule has 0 saturated heterocycles. The van der Waals surface area contributed by atoms with Gasteiger partial charge in [0.1, 0.15) is 5.82 Å². The Kier molecular flexibility index (Phi) is 2.42. The van der Waals surface area contributed by atoms with E-state index in [1.54, 1.807) is 23.2 Å². The number of hydrogen-bond acceptors (Lipinski definition) is 2. The molecule has 4 nitrogen and oxygen atoms in total. The zero-order valence-electron chi connectivity index (χ0n) is 6.34. The summed E-state index contributed by atoms with van der Waals surface area (Å²) in [7, 11) is 0. The summed E-state index contributed by atoms with van der Waals surface area (Å²) in [6.07, 6.45) is 7.25. The number of aromatic nitrogens is 2. The zero-order valence-corrected chi connectivity index (χ0v) is 6.34. The summed E-state index contributed by atoms with van der Waals surface area (Å²) in [4.78, 5) is 14.0. The summed E-state index contributed by atoms with van der Waals surface area (Å²) in [5.74, 6) is -0.444. The van der Waals surface area contributed by atoms with Crippen LogP contribution < -0.4 is 0 Å². The van der Waals surface area contributed by atoms with Crippen LogP contribution in [0.1, 0.15) is 5.82 Å². The van der Waals surface area contributed by atoms with Gasteiger partial charge in [-0.2, -0.15) is 0 Å². The predicted molar refractivity (Wildman–Crippen MR) is 45.3 cm³/mol. The number of nitrogens with zero attached hydrogens (tertiary/aromatic N) is 2. The van der Waals surface area contributed by atoms with E-state index >= 15 is 0 Å². The lowest BCUT2D eigenvalue weighted by Gasteiger charge is -1.92. The molecule has 0 aliphatic rings. The van der Waals surface area contributed by atoms with E-state index in [0.29, 0.717) is 5.82 Å². The highest BCUT2D eigenvalue weighted by atomic mass is 16.4. The third-order valence-electron chi connectivity index (χ3n) is 1.27. The van der Waals surface area contributed by atoms with Crippen molar-refractivity contribution in [2.24, 2.45) is 0 Å². The molecule has 0 fully saturated rings. The Labute approximate surface area is 69.5 Å². The number of rotatable bonds is 3. The summed E-state index contributed by atoms with van der Waals surface area (Å²) >= 11 is 0. The Balaban J connectivity index is 2.88. The molecule has 0 amide bonds. The summed E-state index contributed by atoms with van der Waals surface area (Å²) < 4.78 is 1.62. The summed E-state index contributed by atoms with van der Waals surface area (Å²) in [6.45, 7) is 3.53. The van der Waals surface area contributed by atoms with E-state index in [4.69, 9.17) is 5.11 Å². The molecule has 0 aromatic carbocycles. The summed E-state index contributed by atoms with van der Waals surface area (Å²) in [5.41, 5.74) is 0. The highest BCUT2D eigenvalue weighted by molar-refractivity contribution is 5.84. The second kappa shape index (κ2) is 3.52. The standard InChI is InChI=1S/C8H8N2O2/c1-2-10-6-5-9-7(10)3-4-8(11)12/h2-6H,1H2,(H,11,12). The quantitative estimate of drug-likeness (QED) is 0.680. The Hall–Kier alpha value is -1.84. The molecule has 0 radical (unpaired) electrons. The summed E-state index contributed by atoms with van der Waals surface area (Å²) in [5, 5.41) is 8.33. The fourth-order valence-corrected chi connectivity index (χ4v) is 0.754. The maximum Gasteiger partial charge on any atom is 0.328 e. The Morgan fingerprint density at radius 1 is 1.75 bits per heavy atom. The van der Waals surface area contributed by atoms with Crippen LogP contribution in [-0.4, -0.2) is 20.6 Å². The van der Waals surface area contributed by atoms with Gasteiger partial charge in [0.15, 0.2) is 0 Å². The van der Waals surface area contributed by atoms with Crippen molar-refractivity contribution in [1.29, 1.82) is 0 Å². The van der Waals surface area contributed by atoms with E-state index in [1.165, 1.54) is 6.08 Å². The Morgan fingerprint density at radius 2 is 2.50 bits per heavy atom. The number of hydrogen-bond donors (Lipinski definition) is 1. The molecule has 0 bridgehead atoms. The summed E-state index contributed by atoms with van der Waals surface area (Å²) in [6, 6.07) is 0. The van der Waals surface area contributed by atoms with Crippen molar-refractivity contribution < 1.29 is 9.90 Å². The topological polar surface area (TPSA) is 55.1 Å². The van der Waals surface area contributed by atoms with Crippen molar-refractivity contribution in [3.05, 3.63) is 30.9 Å². The molecular weight excluding hydrogens is 156 g/mol. The monoisotopic (exact) mass is 164 g/mol. The molecule has 1 N–H and O–H groups in total.